The van der Waals surface area contributed by atoms with Crippen LogP contribution in [-0.2, 0) is 4.79 Å². The topological polar surface area (TPSA) is 64.4 Å². The maximum absolute atomic E-state index is 14.1. The molecule has 0 aromatic heterocycles. The number of ether oxygens (including phenoxy) is 1. The summed E-state index contributed by atoms with van der Waals surface area (Å²) in [4.78, 5) is 11.6. The average Bonchev–Trinajstić information content (AvgIpc) is 2.82. The number of rotatable bonds is 4. The Bertz CT molecular complexity index is 703. The molecule has 1 heterocycles. The van der Waals surface area contributed by atoms with Crippen LogP contribution in [0.4, 0.5) is 10.1 Å². The van der Waals surface area contributed by atoms with Crippen molar-refractivity contribution in [3.63, 3.8) is 0 Å². The van der Waals surface area contributed by atoms with Crippen LogP contribution in [0.25, 0.3) is 0 Å². The zero-order chi connectivity index (χ0) is 15.7. The van der Waals surface area contributed by atoms with Crippen LogP contribution >= 0.6 is 0 Å². The van der Waals surface area contributed by atoms with Crippen LogP contribution in [0.5, 0.6) is 5.75 Å². The van der Waals surface area contributed by atoms with Crippen molar-refractivity contribution in [2.24, 2.45) is 5.73 Å². The summed E-state index contributed by atoms with van der Waals surface area (Å²) in [6.07, 6.45) is 0. The minimum Gasteiger partial charge on any atom is -0.492 e. The van der Waals surface area contributed by atoms with Gasteiger partial charge in [0.1, 0.15) is 18.2 Å². The molecule has 0 bridgehead atoms. The fourth-order valence-electron chi connectivity index (χ4n) is 2.51. The molecule has 5 heteroatoms. The van der Waals surface area contributed by atoms with Crippen LogP contribution < -0.4 is 15.8 Å². The highest BCUT2D eigenvalue weighted by Gasteiger charge is 2.30. The van der Waals surface area contributed by atoms with Gasteiger partial charge in [0.2, 0.25) is 5.91 Å². The third-order valence-corrected chi connectivity index (χ3v) is 3.85. The molecule has 2 atom stereocenters. The highest BCUT2D eigenvalue weighted by atomic mass is 19.1. The van der Waals surface area contributed by atoms with Gasteiger partial charge < -0.3 is 15.8 Å². The Labute approximate surface area is 128 Å². The van der Waals surface area contributed by atoms with Gasteiger partial charge in [-0.2, -0.15) is 0 Å². The summed E-state index contributed by atoms with van der Waals surface area (Å²) in [5, 5.41) is 2.55. The van der Waals surface area contributed by atoms with E-state index < -0.39 is 11.9 Å². The normalized spacial score (nSPS) is 17.8. The Kier molecular flexibility index (Phi) is 3.81. The van der Waals surface area contributed by atoms with Crippen LogP contribution in [0.1, 0.15) is 30.0 Å². The van der Waals surface area contributed by atoms with Crippen molar-refractivity contribution >= 4 is 11.6 Å². The number of carbonyl (C=O) groups excluding carboxylic acids is 1. The molecule has 2 aromatic rings. The van der Waals surface area contributed by atoms with Crippen molar-refractivity contribution in [2.75, 3.05) is 11.9 Å². The van der Waals surface area contributed by atoms with E-state index in [1.54, 1.807) is 13.0 Å². The van der Waals surface area contributed by atoms with E-state index in [0.717, 1.165) is 0 Å². The average molecular weight is 300 g/mol. The predicted molar refractivity (Wildman–Crippen MR) is 82.3 cm³/mol. The van der Waals surface area contributed by atoms with Crippen molar-refractivity contribution in [3.05, 3.63) is 59.4 Å². The first-order valence-corrected chi connectivity index (χ1v) is 7.14. The van der Waals surface area contributed by atoms with Crippen LogP contribution in [0.2, 0.25) is 0 Å². The number of nitrogens with one attached hydrogen (secondary N) is 1. The Morgan fingerprint density at radius 3 is 2.77 bits per heavy atom. The van der Waals surface area contributed by atoms with Crippen molar-refractivity contribution in [1.82, 2.24) is 0 Å². The molecule has 22 heavy (non-hydrogen) atoms. The lowest BCUT2D eigenvalue weighted by molar-refractivity contribution is -0.116. The Morgan fingerprint density at radius 2 is 2.05 bits per heavy atom. The Morgan fingerprint density at radius 1 is 1.32 bits per heavy atom. The van der Waals surface area contributed by atoms with Gasteiger partial charge in [-0.25, -0.2) is 4.39 Å². The summed E-state index contributed by atoms with van der Waals surface area (Å²) in [6.45, 7) is 1.98. The van der Waals surface area contributed by atoms with Crippen LogP contribution in [-0.4, -0.2) is 12.5 Å². The minimum atomic E-state index is -0.470. The predicted octanol–water partition coefficient (Wildman–Crippen LogP) is 2.96. The standard InChI is InChI=1S/C17H17FN2O2/c1-10-13-7-11(8-14(18)16(13)20-17(10)21)15(19)9-22-12-5-3-2-4-6-12/h2-8,10,15H,9,19H2,1H3,(H,20,21). The molecule has 2 unspecified atom stereocenters. The molecule has 2 aromatic carbocycles. The number of benzene rings is 2. The molecule has 1 aliphatic heterocycles. The molecule has 0 saturated heterocycles. The van der Waals surface area contributed by atoms with E-state index in [1.165, 1.54) is 6.07 Å². The maximum atomic E-state index is 14.1. The van der Waals surface area contributed by atoms with Gasteiger partial charge >= 0.3 is 0 Å². The first-order valence-electron chi connectivity index (χ1n) is 7.14. The second-order valence-corrected chi connectivity index (χ2v) is 5.41. The zero-order valence-electron chi connectivity index (χ0n) is 12.2. The van der Waals surface area contributed by atoms with Crippen LogP contribution in [0.3, 0.4) is 0 Å². The lowest BCUT2D eigenvalue weighted by atomic mass is 9.97. The summed E-state index contributed by atoms with van der Waals surface area (Å²) < 4.78 is 19.7. The largest absolute Gasteiger partial charge is 0.492 e. The molecule has 114 valence electrons. The highest BCUT2D eigenvalue weighted by Crippen LogP contribution is 2.36. The molecule has 0 fully saturated rings. The van der Waals surface area contributed by atoms with Crippen molar-refractivity contribution < 1.29 is 13.9 Å². The number of carbonyl (C=O) groups is 1. The molecular formula is C17H17FN2O2. The lowest BCUT2D eigenvalue weighted by Crippen LogP contribution is -2.19. The van der Waals surface area contributed by atoms with Crippen molar-refractivity contribution in [1.29, 1.82) is 0 Å². The summed E-state index contributed by atoms with van der Waals surface area (Å²) in [5.41, 5.74) is 7.62. The van der Waals surface area contributed by atoms with E-state index in [-0.39, 0.29) is 24.1 Å². The summed E-state index contributed by atoms with van der Waals surface area (Å²) in [6, 6.07) is 12.0. The molecule has 0 spiro atoms. The minimum absolute atomic E-state index is 0.194. The Hall–Kier alpha value is -2.40. The van der Waals surface area contributed by atoms with Gasteiger partial charge in [-0.15, -0.1) is 0 Å². The number of hydrogen-bond donors (Lipinski definition) is 2. The summed E-state index contributed by atoms with van der Waals surface area (Å²) >= 11 is 0. The molecule has 0 radical (unpaired) electrons. The second kappa shape index (κ2) is 5.77. The van der Waals surface area contributed by atoms with E-state index in [1.807, 2.05) is 30.3 Å². The monoisotopic (exact) mass is 300 g/mol. The fourth-order valence-corrected chi connectivity index (χ4v) is 2.51. The first kappa shape index (κ1) is 14.5. The van der Waals surface area contributed by atoms with Gasteiger partial charge in [-0.3, -0.25) is 4.79 Å². The molecule has 3 rings (SSSR count). The van der Waals surface area contributed by atoms with E-state index >= 15 is 0 Å². The van der Waals surface area contributed by atoms with Crippen molar-refractivity contribution in [3.8, 4) is 5.75 Å². The van der Waals surface area contributed by atoms with E-state index in [2.05, 4.69) is 5.32 Å². The first-order chi connectivity index (χ1) is 10.6. The SMILES string of the molecule is CC1C(=O)Nc2c(F)cc(C(N)COc3ccccc3)cc21. The van der Waals surface area contributed by atoms with Gasteiger partial charge in [-0.1, -0.05) is 24.3 Å². The van der Waals surface area contributed by atoms with E-state index in [9.17, 15) is 9.18 Å². The van der Waals surface area contributed by atoms with Gasteiger partial charge in [0.25, 0.3) is 0 Å². The number of hydrogen-bond acceptors (Lipinski definition) is 3. The quantitative estimate of drug-likeness (QED) is 0.912. The molecule has 1 amide bonds. The van der Waals surface area contributed by atoms with Gasteiger partial charge in [0, 0.05) is 0 Å². The molecule has 0 aliphatic carbocycles. The third kappa shape index (κ3) is 2.67. The number of fused-ring (bicyclic) bond motifs is 1. The van der Waals surface area contributed by atoms with E-state index in [4.69, 9.17) is 10.5 Å². The van der Waals surface area contributed by atoms with Crippen LogP contribution in [0, 0.1) is 5.82 Å². The smallest absolute Gasteiger partial charge is 0.231 e. The van der Waals surface area contributed by atoms with Gasteiger partial charge in [0.05, 0.1) is 17.6 Å². The van der Waals surface area contributed by atoms with Crippen molar-refractivity contribution in [2.45, 2.75) is 18.9 Å². The third-order valence-electron chi connectivity index (χ3n) is 3.85. The number of para-hydroxylation sites is 1. The molecule has 4 nitrogen and oxygen atoms in total. The zero-order valence-corrected chi connectivity index (χ0v) is 12.2. The highest BCUT2D eigenvalue weighted by molar-refractivity contribution is 6.02. The maximum Gasteiger partial charge on any atom is 0.231 e. The lowest BCUT2D eigenvalue weighted by Gasteiger charge is -2.15. The number of amides is 1. The van der Waals surface area contributed by atoms with Gasteiger partial charge in [-0.05, 0) is 36.2 Å². The number of nitrogens with two attached hydrogens (primary N) is 1. The van der Waals surface area contributed by atoms with Crippen LogP contribution in [0.15, 0.2) is 42.5 Å². The summed E-state index contributed by atoms with van der Waals surface area (Å²) in [5.74, 6) is -0.308. The van der Waals surface area contributed by atoms with E-state index in [0.29, 0.717) is 16.9 Å². The number of halogens is 1. The molecular weight excluding hydrogens is 283 g/mol. The second-order valence-electron chi connectivity index (χ2n) is 5.41. The Balaban J connectivity index is 1.78. The molecule has 3 N–H and O–H groups in total. The molecule has 1 aliphatic rings. The fraction of sp³-hybridized carbons (Fsp3) is 0.235. The number of anilines is 1. The van der Waals surface area contributed by atoms with Gasteiger partial charge in [0.15, 0.2) is 0 Å². The summed E-state index contributed by atoms with van der Waals surface area (Å²) in [7, 11) is 0. The molecule has 0 saturated carbocycles.